The third-order valence-electron chi connectivity index (χ3n) is 2.27. The minimum absolute atomic E-state index is 0.633. The van der Waals surface area contributed by atoms with Crippen molar-refractivity contribution in [1.82, 2.24) is 0 Å². The van der Waals surface area contributed by atoms with E-state index in [-0.39, 0.29) is 0 Å². The van der Waals surface area contributed by atoms with Gasteiger partial charge in [0.1, 0.15) is 0 Å². The molecule has 1 aliphatic carbocycles. The van der Waals surface area contributed by atoms with E-state index in [1.54, 1.807) is 14.2 Å². The van der Waals surface area contributed by atoms with Gasteiger partial charge in [0.15, 0.2) is 0 Å². The van der Waals surface area contributed by atoms with Crippen molar-refractivity contribution >= 4 is 5.90 Å². The van der Waals surface area contributed by atoms with Crippen LogP contribution in [-0.2, 0) is 4.74 Å². The largest absolute Gasteiger partial charge is 0.481 e. The fourth-order valence-electron chi connectivity index (χ4n) is 1.30. The highest BCUT2D eigenvalue weighted by Gasteiger charge is 2.23. The van der Waals surface area contributed by atoms with Crippen LogP contribution in [0.5, 0.6) is 0 Å². The Morgan fingerprint density at radius 1 is 1.55 bits per heavy atom. The van der Waals surface area contributed by atoms with Crippen molar-refractivity contribution < 1.29 is 4.74 Å². The molecular weight excluding hydrogens is 138 g/mol. The lowest BCUT2D eigenvalue weighted by Gasteiger charge is -2.27. The van der Waals surface area contributed by atoms with Gasteiger partial charge in [0, 0.05) is 12.6 Å². The van der Waals surface area contributed by atoms with E-state index in [9.17, 15) is 0 Å². The molecule has 0 unspecified atom stereocenters. The summed E-state index contributed by atoms with van der Waals surface area (Å²) in [4.78, 5) is 4.00. The second-order valence-corrected chi connectivity index (χ2v) is 2.89. The number of rotatable bonds is 2. The predicted octanol–water partition coefficient (Wildman–Crippen LogP) is 2.02. The molecule has 0 aliphatic heterocycles. The van der Waals surface area contributed by atoms with E-state index in [2.05, 4.69) is 11.6 Å². The van der Waals surface area contributed by atoms with Crippen molar-refractivity contribution in [2.24, 2.45) is 10.9 Å². The first-order valence-electron chi connectivity index (χ1n) is 3.99. The van der Waals surface area contributed by atoms with Gasteiger partial charge in [-0.3, -0.25) is 4.99 Å². The van der Waals surface area contributed by atoms with Crippen LogP contribution in [0.3, 0.4) is 0 Å². The van der Waals surface area contributed by atoms with Crippen LogP contribution in [0.1, 0.15) is 19.3 Å². The van der Waals surface area contributed by atoms with Crippen molar-refractivity contribution in [2.45, 2.75) is 19.3 Å². The normalized spacial score (nSPS) is 19.3. The molecule has 0 aromatic heterocycles. The average molecular weight is 153 g/mol. The topological polar surface area (TPSA) is 21.6 Å². The molecule has 0 bridgehead atoms. The van der Waals surface area contributed by atoms with Crippen LogP contribution < -0.4 is 0 Å². The van der Waals surface area contributed by atoms with Gasteiger partial charge in [-0.2, -0.15) is 0 Å². The molecule has 0 amide bonds. The van der Waals surface area contributed by atoms with Crippen molar-refractivity contribution in [3.05, 3.63) is 12.2 Å². The van der Waals surface area contributed by atoms with Gasteiger partial charge in [-0.25, -0.2) is 0 Å². The maximum atomic E-state index is 5.07. The lowest BCUT2D eigenvalue weighted by molar-refractivity contribution is 0.349. The Balaban J connectivity index is 2.51. The molecule has 2 nitrogen and oxygen atoms in total. The van der Waals surface area contributed by atoms with Crippen LogP contribution in [0.15, 0.2) is 17.1 Å². The van der Waals surface area contributed by atoms with E-state index in [1.165, 1.54) is 19.3 Å². The highest BCUT2D eigenvalue weighted by atomic mass is 16.5. The summed E-state index contributed by atoms with van der Waals surface area (Å²) < 4.78 is 5.07. The van der Waals surface area contributed by atoms with E-state index >= 15 is 0 Å². The Labute approximate surface area is 68.0 Å². The van der Waals surface area contributed by atoms with Gasteiger partial charge in [-0.1, -0.05) is 13.0 Å². The number of hydrogen-bond donors (Lipinski definition) is 0. The molecule has 0 heterocycles. The highest BCUT2D eigenvalue weighted by molar-refractivity contribution is 5.93. The van der Waals surface area contributed by atoms with Gasteiger partial charge >= 0.3 is 0 Å². The van der Waals surface area contributed by atoms with Gasteiger partial charge in [-0.15, -0.1) is 0 Å². The molecule has 1 rings (SSSR count). The lowest BCUT2D eigenvalue weighted by Crippen LogP contribution is -2.20. The summed E-state index contributed by atoms with van der Waals surface area (Å²) in [6, 6.07) is 0. The molecule has 0 N–H and O–H groups in total. The third-order valence-corrected chi connectivity index (χ3v) is 2.27. The Morgan fingerprint density at radius 3 is 2.45 bits per heavy atom. The van der Waals surface area contributed by atoms with E-state index in [1.807, 2.05) is 0 Å². The van der Waals surface area contributed by atoms with E-state index < -0.39 is 0 Å². The molecule has 62 valence electrons. The number of aliphatic imine (C=N–C) groups is 1. The van der Waals surface area contributed by atoms with Gasteiger partial charge < -0.3 is 4.74 Å². The maximum Gasteiger partial charge on any atom is 0.210 e. The van der Waals surface area contributed by atoms with Crippen molar-refractivity contribution in [1.29, 1.82) is 0 Å². The summed E-state index contributed by atoms with van der Waals surface area (Å²) in [5.74, 6) is 1.35. The molecule has 0 radical (unpaired) electrons. The zero-order chi connectivity index (χ0) is 8.27. The second-order valence-electron chi connectivity index (χ2n) is 2.89. The summed E-state index contributed by atoms with van der Waals surface area (Å²) in [6.07, 6.45) is 3.83. The summed E-state index contributed by atoms with van der Waals surface area (Å²) >= 11 is 0. The van der Waals surface area contributed by atoms with Gasteiger partial charge in [-0.05, 0) is 18.8 Å². The highest BCUT2D eigenvalue weighted by Crippen LogP contribution is 2.32. The first-order valence-corrected chi connectivity index (χ1v) is 3.99. The summed E-state index contributed by atoms with van der Waals surface area (Å²) in [5.41, 5.74) is 1.07. The summed E-state index contributed by atoms with van der Waals surface area (Å²) in [5, 5.41) is 0. The number of ether oxygens (including phenoxy) is 1. The fourth-order valence-corrected chi connectivity index (χ4v) is 1.30. The smallest absolute Gasteiger partial charge is 0.210 e. The molecule has 0 aromatic rings. The van der Waals surface area contributed by atoms with Gasteiger partial charge in [0.25, 0.3) is 0 Å². The Kier molecular flexibility index (Phi) is 2.69. The number of methoxy groups -OCH3 is 1. The molecule has 0 saturated heterocycles. The summed E-state index contributed by atoms with van der Waals surface area (Å²) in [6.45, 7) is 3.96. The first kappa shape index (κ1) is 8.31. The molecule has 0 atom stereocenters. The van der Waals surface area contributed by atoms with Gasteiger partial charge in [0.2, 0.25) is 5.90 Å². The van der Waals surface area contributed by atoms with Crippen LogP contribution in [0.25, 0.3) is 0 Å². The Hall–Kier alpha value is -0.790. The van der Waals surface area contributed by atoms with Crippen LogP contribution in [-0.4, -0.2) is 20.1 Å². The standard InChI is InChI=1S/C9H15NO/c1-7(8-5-4-6-8)9(10-2)11-3/h8H,1,4-6H2,2-3H3. The van der Waals surface area contributed by atoms with Crippen molar-refractivity contribution in [3.63, 3.8) is 0 Å². The Bertz CT molecular complexity index is 180. The van der Waals surface area contributed by atoms with Crippen LogP contribution >= 0.6 is 0 Å². The zero-order valence-corrected chi connectivity index (χ0v) is 7.26. The molecule has 1 aliphatic rings. The van der Waals surface area contributed by atoms with Crippen LogP contribution in [0.4, 0.5) is 0 Å². The monoisotopic (exact) mass is 153 g/mol. The van der Waals surface area contributed by atoms with Gasteiger partial charge in [0.05, 0.1) is 7.11 Å². The second kappa shape index (κ2) is 3.56. The van der Waals surface area contributed by atoms with Crippen LogP contribution in [0, 0.1) is 5.92 Å². The van der Waals surface area contributed by atoms with Crippen LogP contribution in [0.2, 0.25) is 0 Å². The maximum absolute atomic E-state index is 5.07. The fraction of sp³-hybridized carbons (Fsp3) is 0.667. The summed E-state index contributed by atoms with van der Waals surface area (Å²) in [7, 11) is 3.38. The minimum Gasteiger partial charge on any atom is -0.481 e. The molecule has 0 spiro atoms. The number of hydrogen-bond acceptors (Lipinski definition) is 2. The van der Waals surface area contributed by atoms with E-state index in [4.69, 9.17) is 4.74 Å². The predicted molar refractivity (Wildman–Crippen MR) is 46.8 cm³/mol. The zero-order valence-electron chi connectivity index (χ0n) is 7.26. The molecular formula is C9H15NO. The molecule has 0 aromatic carbocycles. The molecule has 1 fully saturated rings. The van der Waals surface area contributed by atoms with E-state index in [0.29, 0.717) is 5.92 Å². The average Bonchev–Trinajstić information content (AvgIpc) is 1.86. The quantitative estimate of drug-likeness (QED) is 0.439. The van der Waals surface area contributed by atoms with Crippen molar-refractivity contribution in [3.8, 4) is 0 Å². The molecule has 1 saturated carbocycles. The molecule has 11 heavy (non-hydrogen) atoms. The molecule has 2 heteroatoms. The lowest BCUT2D eigenvalue weighted by atomic mass is 9.80. The Morgan fingerprint density at radius 2 is 2.18 bits per heavy atom. The van der Waals surface area contributed by atoms with Crippen molar-refractivity contribution in [2.75, 3.05) is 14.2 Å². The van der Waals surface area contributed by atoms with E-state index in [0.717, 1.165) is 11.5 Å². The minimum atomic E-state index is 0.633. The number of nitrogens with zero attached hydrogens (tertiary/aromatic N) is 1. The third kappa shape index (κ3) is 1.62. The first-order chi connectivity index (χ1) is 5.29. The SMILES string of the molecule is C=C(C(=NC)OC)C1CCC1.